The van der Waals surface area contributed by atoms with Gasteiger partial charge < -0.3 is 19.9 Å². The Morgan fingerprint density at radius 2 is 1.93 bits per heavy atom. The molecule has 1 heterocycles. The molecule has 1 aliphatic heterocycles. The van der Waals surface area contributed by atoms with Crippen molar-refractivity contribution in [3.05, 3.63) is 58.9 Å². The lowest BCUT2D eigenvalue weighted by Crippen LogP contribution is -2.37. The van der Waals surface area contributed by atoms with E-state index in [0.717, 1.165) is 30.0 Å². The first-order chi connectivity index (χ1) is 13.5. The maximum atomic E-state index is 13.1. The summed E-state index contributed by atoms with van der Waals surface area (Å²) in [4.78, 5) is 16.6. The molecular weight excluding hydrogens is 381 g/mol. The van der Waals surface area contributed by atoms with Gasteiger partial charge in [0, 0.05) is 25.2 Å². The molecule has 1 atom stereocenters. The number of carbonyl (C=O) groups is 1. The Balaban J connectivity index is 1.66. The average molecular weight is 406 g/mol. The summed E-state index contributed by atoms with van der Waals surface area (Å²) in [5.41, 5.74) is 2.72. The zero-order chi connectivity index (χ0) is 20.1. The van der Waals surface area contributed by atoms with Crippen LogP contribution in [0.1, 0.15) is 18.5 Å². The number of nitrogens with zero attached hydrogens (tertiary/aromatic N) is 2. The lowest BCUT2D eigenvalue weighted by Gasteiger charge is -2.31. The van der Waals surface area contributed by atoms with E-state index in [1.54, 1.807) is 24.1 Å². The highest BCUT2D eigenvalue weighted by Gasteiger charge is 2.19. The van der Waals surface area contributed by atoms with Gasteiger partial charge in [-0.1, -0.05) is 23.7 Å². The quantitative estimate of drug-likeness (QED) is 0.790. The van der Waals surface area contributed by atoms with Crippen LogP contribution in [-0.2, 0) is 9.53 Å². The fourth-order valence-corrected chi connectivity index (χ4v) is 3.38. The summed E-state index contributed by atoms with van der Waals surface area (Å²) < 4.78 is 18.5. The number of benzene rings is 2. The van der Waals surface area contributed by atoms with Crippen molar-refractivity contribution in [3.63, 3.8) is 0 Å². The molecule has 28 heavy (non-hydrogen) atoms. The normalized spacial score (nSPS) is 15.2. The number of hydrogen-bond donors (Lipinski definition) is 1. The lowest BCUT2D eigenvalue weighted by molar-refractivity contribution is -0.129. The monoisotopic (exact) mass is 405 g/mol. The van der Waals surface area contributed by atoms with Gasteiger partial charge in [0.05, 0.1) is 37.2 Å². The SMILES string of the molecule is CC(c1ccc(F)cc1)N(C)C(=O)CNc1cc(Cl)ccc1N1CCOCC1. The Morgan fingerprint density at radius 3 is 2.61 bits per heavy atom. The summed E-state index contributed by atoms with van der Waals surface area (Å²) in [5, 5.41) is 3.84. The molecule has 0 aliphatic carbocycles. The Bertz CT molecular complexity index is 810. The highest BCUT2D eigenvalue weighted by Crippen LogP contribution is 2.30. The van der Waals surface area contributed by atoms with E-state index in [2.05, 4.69) is 10.2 Å². The minimum Gasteiger partial charge on any atom is -0.378 e. The van der Waals surface area contributed by atoms with Crippen LogP contribution in [0.2, 0.25) is 5.02 Å². The summed E-state index contributed by atoms with van der Waals surface area (Å²) in [6.07, 6.45) is 0. The molecule has 0 aromatic heterocycles. The number of hydrogen-bond acceptors (Lipinski definition) is 4. The van der Waals surface area contributed by atoms with E-state index < -0.39 is 0 Å². The number of nitrogens with one attached hydrogen (secondary N) is 1. The predicted octanol–water partition coefficient (Wildman–Crippen LogP) is 3.95. The van der Waals surface area contributed by atoms with E-state index in [-0.39, 0.29) is 24.3 Å². The Labute approximate surface area is 170 Å². The fraction of sp³-hybridized carbons (Fsp3) is 0.381. The van der Waals surface area contributed by atoms with Crippen molar-refractivity contribution in [3.8, 4) is 0 Å². The standard InChI is InChI=1S/C21H25ClFN3O2/c1-15(16-3-6-18(23)7-4-16)25(2)21(27)14-24-19-13-17(22)5-8-20(19)26-9-11-28-12-10-26/h3-8,13,15,24H,9-12,14H2,1-2H3. The van der Waals surface area contributed by atoms with Gasteiger partial charge >= 0.3 is 0 Å². The van der Waals surface area contributed by atoms with Gasteiger partial charge in [0.25, 0.3) is 0 Å². The van der Waals surface area contributed by atoms with E-state index in [1.807, 2.05) is 25.1 Å². The topological polar surface area (TPSA) is 44.8 Å². The molecule has 1 aliphatic rings. The van der Waals surface area contributed by atoms with E-state index in [4.69, 9.17) is 16.3 Å². The van der Waals surface area contributed by atoms with Crippen molar-refractivity contribution < 1.29 is 13.9 Å². The van der Waals surface area contributed by atoms with Crippen LogP contribution in [0, 0.1) is 5.82 Å². The maximum Gasteiger partial charge on any atom is 0.242 e. The number of halogens is 2. The highest BCUT2D eigenvalue weighted by molar-refractivity contribution is 6.31. The fourth-order valence-electron chi connectivity index (χ4n) is 3.21. The number of anilines is 2. The van der Waals surface area contributed by atoms with E-state index in [0.29, 0.717) is 18.2 Å². The van der Waals surface area contributed by atoms with Crippen molar-refractivity contribution >= 4 is 28.9 Å². The summed E-state index contributed by atoms with van der Waals surface area (Å²) in [6, 6.07) is 11.7. The van der Waals surface area contributed by atoms with Crippen molar-refractivity contribution in [2.24, 2.45) is 0 Å². The number of likely N-dealkylation sites (N-methyl/N-ethyl adjacent to an activating group) is 1. The molecule has 1 N–H and O–H groups in total. The summed E-state index contributed by atoms with van der Waals surface area (Å²) in [5.74, 6) is -0.354. The van der Waals surface area contributed by atoms with Gasteiger partial charge in [-0.3, -0.25) is 4.79 Å². The summed E-state index contributed by atoms with van der Waals surface area (Å²) in [7, 11) is 1.75. The minimum atomic E-state index is -0.289. The van der Waals surface area contributed by atoms with Crippen molar-refractivity contribution in [2.75, 3.05) is 50.1 Å². The third kappa shape index (κ3) is 4.94. The molecule has 1 fully saturated rings. The molecule has 2 aromatic rings. The van der Waals surface area contributed by atoms with Crippen molar-refractivity contribution in [1.29, 1.82) is 0 Å². The van der Waals surface area contributed by atoms with Crippen LogP contribution in [0.15, 0.2) is 42.5 Å². The Kier molecular flexibility index (Phi) is 6.75. The molecule has 1 unspecified atom stereocenters. The van der Waals surface area contributed by atoms with Crippen LogP contribution in [0.25, 0.3) is 0 Å². The molecule has 0 saturated carbocycles. The molecule has 150 valence electrons. The molecule has 7 heteroatoms. The zero-order valence-electron chi connectivity index (χ0n) is 16.1. The lowest BCUT2D eigenvalue weighted by atomic mass is 10.1. The van der Waals surface area contributed by atoms with Gasteiger partial charge in [0.1, 0.15) is 5.82 Å². The third-order valence-corrected chi connectivity index (χ3v) is 5.30. The van der Waals surface area contributed by atoms with Crippen LogP contribution < -0.4 is 10.2 Å². The molecular formula is C21H25ClFN3O2. The van der Waals surface area contributed by atoms with Crippen LogP contribution >= 0.6 is 11.6 Å². The van der Waals surface area contributed by atoms with Crippen molar-refractivity contribution in [2.45, 2.75) is 13.0 Å². The largest absolute Gasteiger partial charge is 0.378 e. The second kappa shape index (κ2) is 9.26. The van der Waals surface area contributed by atoms with Gasteiger partial charge in [-0.05, 0) is 42.8 Å². The minimum absolute atomic E-state index is 0.0651. The van der Waals surface area contributed by atoms with Gasteiger partial charge in [0.15, 0.2) is 0 Å². The third-order valence-electron chi connectivity index (χ3n) is 5.07. The Morgan fingerprint density at radius 1 is 1.25 bits per heavy atom. The van der Waals surface area contributed by atoms with Crippen LogP contribution in [0.3, 0.4) is 0 Å². The number of rotatable bonds is 6. The molecule has 2 aromatic carbocycles. The number of morpholine rings is 1. The molecule has 3 rings (SSSR count). The Hall–Kier alpha value is -2.31. The van der Waals surface area contributed by atoms with Crippen LogP contribution in [0.4, 0.5) is 15.8 Å². The van der Waals surface area contributed by atoms with E-state index in [9.17, 15) is 9.18 Å². The number of ether oxygens (including phenoxy) is 1. The molecule has 5 nitrogen and oxygen atoms in total. The second-order valence-electron chi connectivity index (χ2n) is 6.85. The van der Waals surface area contributed by atoms with Crippen LogP contribution in [-0.4, -0.2) is 50.7 Å². The van der Waals surface area contributed by atoms with Gasteiger partial charge in [-0.15, -0.1) is 0 Å². The van der Waals surface area contributed by atoms with Gasteiger partial charge in [0.2, 0.25) is 5.91 Å². The average Bonchev–Trinajstić information content (AvgIpc) is 2.72. The van der Waals surface area contributed by atoms with Gasteiger partial charge in [-0.25, -0.2) is 4.39 Å². The number of amides is 1. The van der Waals surface area contributed by atoms with Crippen LogP contribution in [0.5, 0.6) is 0 Å². The smallest absolute Gasteiger partial charge is 0.242 e. The summed E-state index contributed by atoms with van der Waals surface area (Å²) in [6.45, 7) is 5.01. The van der Waals surface area contributed by atoms with E-state index >= 15 is 0 Å². The molecule has 1 amide bonds. The first kappa shape index (κ1) is 20.4. The first-order valence-corrected chi connectivity index (χ1v) is 9.71. The second-order valence-corrected chi connectivity index (χ2v) is 7.28. The predicted molar refractivity (Wildman–Crippen MR) is 111 cm³/mol. The highest BCUT2D eigenvalue weighted by atomic mass is 35.5. The molecule has 0 bridgehead atoms. The van der Waals surface area contributed by atoms with Gasteiger partial charge in [-0.2, -0.15) is 0 Å². The zero-order valence-corrected chi connectivity index (χ0v) is 16.9. The summed E-state index contributed by atoms with van der Waals surface area (Å²) >= 11 is 6.17. The van der Waals surface area contributed by atoms with E-state index in [1.165, 1.54) is 12.1 Å². The first-order valence-electron chi connectivity index (χ1n) is 9.33. The molecule has 0 spiro atoms. The maximum absolute atomic E-state index is 13.1. The molecule has 1 saturated heterocycles. The molecule has 0 radical (unpaired) electrons. The number of carbonyl (C=O) groups excluding carboxylic acids is 1. The van der Waals surface area contributed by atoms with Crippen molar-refractivity contribution in [1.82, 2.24) is 4.90 Å².